The Morgan fingerprint density at radius 2 is 1.85 bits per heavy atom. The molecule has 1 aliphatic heterocycles. The number of hydrogen-bond acceptors (Lipinski definition) is 2. The molecule has 0 unspecified atom stereocenters. The van der Waals surface area contributed by atoms with Gasteiger partial charge in [0, 0.05) is 23.8 Å². The number of anilines is 1. The molecule has 3 nitrogen and oxygen atoms in total. The van der Waals surface area contributed by atoms with E-state index in [1.54, 1.807) is 12.1 Å². The predicted molar refractivity (Wildman–Crippen MR) is 81.4 cm³/mol. The molecule has 1 amide bonds. The van der Waals surface area contributed by atoms with Crippen molar-refractivity contribution in [2.75, 3.05) is 12.3 Å². The van der Waals surface area contributed by atoms with Crippen molar-refractivity contribution in [1.82, 2.24) is 4.90 Å². The Labute approximate surface area is 121 Å². The van der Waals surface area contributed by atoms with Gasteiger partial charge in [0.25, 0.3) is 5.91 Å². The van der Waals surface area contributed by atoms with E-state index in [0.717, 1.165) is 24.9 Å². The zero-order valence-electron chi connectivity index (χ0n) is 12.6. The molecule has 0 spiro atoms. The standard InChI is InChI=1S/C17H24N2O/c1-16(2)8-14-9-17(3,10-16)11-19(14)15(20)12-4-6-13(18)7-5-12/h4-7,14H,8-11,18H2,1-3H3/t14-,17+/m1/s1. The van der Waals surface area contributed by atoms with E-state index in [-0.39, 0.29) is 11.3 Å². The summed E-state index contributed by atoms with van der Waals surface area (Å²) in [6.45, 7) is 7.88. The average Bonchev–Trinajstić information content (AvgIpc) is 2.58. The first-order valence-electron chi connectivity index (χ1n) is 7.45. The molecule has 2 N–H and O–H groups in total. The molecular weight excluding hydrogens is 248 g/mol. The number of fused-ring (bicyclic) bond motifs is 2. The number of likely N-dealkylation sites (tertiary alicyclic amines) is 1. The van der Waals surface area contributed by atoms with Gasteiger partial charge in [0.05, 0.1) is 0 Å². The molecule has 2 atom stereocenters. The molecule has 1 aromatic carbocycles. The van der Waals surface area contributed by atoms with Crippen LogP contribution < -0.4 is 5.73 Å². The molecule has 0 aromatic heterocycles. The van der Waals surface area contributed by atoms with Crippen LogP contribution in [0.15, 0.2) is 24.3 Å². The molecule has 1 saturated carbocycles. The van der Waals surface area contributed by atoms with Crippen molar-refractivity contribution in [3.05, 3.63) is 29.8 Å². The van der Waals surface area contributed by atoms with Crippen LogP contribution in [-0.4, -0.2) is 23.4 Å². The number of nitrogens with zero attached hydrogens (tertiary/aromatic N) is 1. The summed E-state index contributed by atoms with van der Waals surface area (Å²) in [5.41, 5.74) is 7.79. The lowest BCUT2D eigenvalue weighted by molar-refractivity contribution is 0.0708. The number of carbonyl (C=O) groups excluding carboxylic acids is 1. The SMILES string of the molecule is CC1(C)C[C@@H]2C[C@](C)(CN2C(=O)c2ccc(N)cc2)C1. The van der Waals surface area contributed by atoms with Crippen molar-refractivity contribution >= 4 is 11.6 Å². The molecule has 108 valence electrons. The van der Waals surface area contributed by atoms with Crippen LogP contribution in [0.1, 0.15) is 50.4 Å². The molecule has 2 aliphatic rings. The Morgan fingerprint density at radius 3 is 2.50 bits per heavy atom. The fourth-order valence-electron chi connectivity index (χ4n) is 4.49. The maximum Gasteiger partial charge on any atom is 0.254 e. The summed E-state index contributed by atoms with van der Waals surface area (Å²) in [5, 5.41) is 0. The summed E-state index contributed by atoms with van der Waals surface area (Å²) in [7, 11) is 0. The van der Waals surface area contributed by atoms with Crippen molar-refractivity contribution in [2.45, 2.75) is 46.1 Å². The third-order valence-corrected chi connectivity index (χ3v) is 4.83. The molecule has 1 aliphatic carbocycles. The van der Waals surface area contributed by atoms with Crippen molar-refractivity contribution in [2.24, 2.45) is 10.8 Å². The van der Waals surface area contributed by atoms with Crippen LogP contribution in [-0.2, 0) is 0 Å². The van der Waals surface area contributed by atoms with Gasteiger partial charge in [-0.2, -0.15) is 0 Å². The first-order chi connectivity index (χ1) is 9.28. The monoisotopic (exact) mass is 272 g/mol. The number of hydrogen-bond donors (Lipinski definition) is 1. The normalized spacial score (nSPS) is 31.4. The molecule has 2 bridgehead atoms. The van der Waals surface area contributed by atoms with Gasteiger partial charge in [0.1, 0.15) is 0 Å². The minimum Gasteiger partial charge on any atom is -0.399 e. The Balaban J connectivity index is 1.85. The van der Waals surface area contributed by atoms with Gasteiger partial charge in [-0.25, -0.2) is 0 Å². The molecule has 1 aromatic rings. The molecule has 1 saturated heterocycles. The van der Waals surface area contributed by atoms with Crippen LogP contribution in [0, 0.1) is 10.8 Å². The zero-order chi connectivity index (χ0) is 14.5. The second-order valence-electron chi connectivity index (χ2n) is 7.77. The van der Waals surface area contributed by atoms with Gasteiger partial charge in [0.2, 0.25) is 0 Å². The van der Waals surface area contributed by atoms with Crippen LogP contribution >= 0.6 is 0 Å². The van der Waals surface area contributed by atoms with Crippen LogP contribution in [0.5, 0.6) is 0 Å². The number of rotatable bonds is 1. The molecule has 20 heavy (non-hydrogen) atoms. The van der Waals surface area contributed by atoms with Crippen molar-refractivity contribution in [3.63, 3.8) is 0 Å². The van der Waals surface area contributed by atoms with Crippen molar-refractivity contribution in [1.29, 1.82) is 0 Å². The smallest absolute Gasteiger partial charge is 0.254 e. The minimum atomic E-state index is 0.163. The lowest BCUT2D eigenvalue weighted by Gasteiger charge is -2.39. The Morgan fingerprint density at radius 1 is 1.20 bits per heavy atom. The lowest BCUT2D eigenvalue weighted by Crippen LogP contribution is -2.37. The van der Waals surface area contributed by atoms with E-state index in [2.05, 4.69) is 25.7 Å². The third kappa shape index (κ3) is 2.30. The number of nitrogen functional groups attached to an aromatic ring is 1. The second-order valence-corrected chi connectivity index (χ2v) is 7.77. The molecule has 3 rings (SSSR count). The highest BCUT2D eigenvalue weighted by Gasteiger charge is 2.50. The molecular formula is C17H24N2O. The first kappa shape index (κ1) is 13.5. The molecule has 0 radical (unpaired) electrons. The summed E-state index contributed by atoms with van der Waals surface area (Å²) >= 11 is 0. The van der Waals surface area contributed by atoms with Crippen LogP contribution in [0.2, 0.25) is 0 Å². The molecule has 2 fully saturated rings. The minimum absolute atomic E-state index is 0.163. The summed E-state index contributed by atoms with van der Waals surface area (Å²) in [4.78, 5) is 14.8. The lowest BCUT2D eigenvalue weighted by atomic mass is 9.65. The fraction of sp³-hybridized carbons (Fsp3) is 0.588. The Bertz CT molecular complexity index is 534. The highest BCUT2D eigenvalue weighted by Crippen LogP contribution is 2.52. The molecule has 1 heterocycles. The van der Waals surface area contributed by atoms with E-state index in [0.29, 0.717) is 17.1 Å². The molecule has 3 heteroatoms. The number of amides is 1. The quantitative estimate of drug-likeness (QED) is 0.797. The van der Waals surface area contributed by atoms with Gasteiger partial charge >= 0.3 is 0 Å². The van der Waals surface area contributed by atoms with E-state index >= 15 is 0 Å². The summed E-state index contributed by atoms with van der Waals surface area (Å²) in [6, 6.07) is 7.69. The predicted octanol–water partition coefficient (Wildman–Crippen LogP) is 3.31. The Kier molecular flexibility index (Phi) is 2.86. The van der Waals surface area contributed by atoms with Gasteiger partial charge in [-0.05, 0) is 54.4 Å². The topological polar surface area (TPSA) is 46.3 Å². The van der Waals surface area contributed by atoms with Gasteiger partial charge < -0.3 is 10.6 Å². The van der Waals surface area contributed by atoms with E-state index in [9.17, 15) is 4.79 Å². The maximum atomic E-state index is 12.7. The van der Waals surface area contributed by atoms with Gasteiger partial charge in [0.15, 0.2) is 0 Å². The van der Waals surface area contributed by atoms with Crippen LogP contribution in [0.3, 0.4) is 0 Å². The van der Waals surface area contributed by atoms with Crippen LogP contribution in [0.4, 0.5) is 5.69 Å². The fourth-order valence-corrected chi connectivity index (χ4v) is 4.49. The third-order valence-electron chi connectivity index (χ3n) is 4.83. The largest absolute Gasteiger partial charge is 0.399 e. The van der Waals surface area contributed by atoms with E-state index in [1.807, 2.05) is 12.1 Å². The van der Waals surface area contributed by atoms with Gasteiger partial charge in [-0.15, -0.1) is 0 Å². The van der Waals surface area contributed by atoms with Crippen LogP contribution in [0.25, 0.3) is 0 Å². The number of nitrogens with two attached hydrogens (primary N) is 1. The van der Waals surface area contributed by atoms with E-state index in [1.165, 1.54) is 6.42 Å². The first-order valence-corrected chi connectivity index (χ1v) is 7.45. The highest BCUT2D eigenvalue weighted by atomic mass is 16.2. The van der Waals surface area contributed by atoms with Gasteiger partial charge in [-0.1, -0.05) is 20.8 Å². The number of carbonyl (C=O) groups is 1. The zero-order valence-corrected chi connectivity index (χ0v) is 12.6. The second kappa shape index (κ2) is 4.24. The summed E-state index contributed by atoms with van der Waals surface area (Å²) in [6.07, 6.45) is 3.47. The Hall–Kier alpha value is -1.51. The number of benzene rings is 1. The van der Waals surface area contributed by atoms with Gasteiger partial charge in [-0.3, -0.25) is 4.79 Å². The van der Waals surface area contributed by atoms with E-state index in [4.69, 9.17) is 5.73 Å². The summed E-state index contributed by atoms with van der Waals surface area (Å²) in [5.74, 6) is 0.163. The average molecular weight is 272 g/mol. The van der Waals surface area contributed by atoms with E-state index < -0.39 is 0 Å². The maximum absolute atomic E-state index is 12.7. The van der Waals surface area contributed by atoms with Crippen molar-refractivity contribution < 1.29 is 4.79 Å². The summed E-state index contributed by atoms with van der Waals surface area (Å²) < 4.78 is 0. The van der Waals surface area contributed by atoms with Crippen molar-refractivity contribution in [3.8, 4) is 0 Å². The highest BCUT2D eigenvalue weighted by molar-refractivity contribution is 5.95.